The Hall–Kier alpha value is -1.10. The number of hydrogen-bond acceptors (Lipinski definition) is 2. The third kappa shape index (κ3) is 2.66. The maximum Gasteiger partial charge on any atom is 0.224 e. The Bertz CT molecular complexity index is 540. The fourth-order valence-corrected chi connectivity index (χ4v) is 1.82. The maximum atomic E-state index is 14.1. The van der Waals surface area contributed by atoms with Gasteiger partial charge in [0.1, 0.15) is 12.4 Å². The molecule has 3 nitrogen and oxygen atoms in total. The van der Waals surface area contributed by atoms with Crippen LogP contribution in [0.15, 0.2) is 24.3 Å². The Kier molecular flexibility index (Phi) is 4.22. The molecule has 0 aliphatic heterocycles. The lowest BCUT2D eigenvalue weighted by atomic mass is 10.2. The molecule has 1 heterocycles. The van der Waals surface area contributed by atoms with Crippen molar-refractivity contribution in [3.63, 3.8) is 0 Å². The lowest BCUT2D eigenvalue weighted by Crippen LogP contribution is -2.05. The van der Waals surface area contributed by atoms with Crippen molar-refractivity contribution >= 4 is 23.2 Å². The van der Waals surface area contributed by atoms with Gasteiger partial charge < -0.3 is 4.74 Å². The number of imidazole rings is 1. The zero-order valence-corrected chi connectivity index (χ0v) is 11.2. The first kappa shape index (κ1) is 13.3. The molecule has 0 saturated carbocycles. The van der Waals surface area contributed by atoms with Gasteiger partial charge in [0.15, 0.2) is 0 Å². The van der Waals surface area contributed by atoms with Gasteiger partial charge in [-0.25, -0.2) is 4.98 Å². The van der Waals surface area contributed by atoms with Crippen molar-refractivity contribution in [2.45, 2.75) is 13.7 Å². The molecular weight excluding hydrogens is 278 g/mol. The van der Waals surface area contributed by atoms with E-state index in [2.05, 4.69) is 4.98 Å². The van der Waals surface area contributed by atoms with Crippen LogP contribution in [0.1, 0.15) is 6.92 Å². The Morgan fingerprint density at radius 2 is 1.94 bits per heavy atom. The average molecular weight is 289 g/mol. The summed E-state index contributed by atoms with van der Waals surface area (Å²) in [5.41, 5.74) is 0.811. The highest BCUT2D eigenvalue weighted by Gasteiger charge is 2.17. The molecule has 6 heteroatoms. The van der Waals surface area contributed by atoms with Gasteiger partial charge in [-0.3, -0.25) is 4.57 Å². The van der Waals surface area contributed by atoms with Crippen LogP contribution < -0.4 is 0 Å². The highest BCUT2D eigenvalue weighted by Crippen LogP contribution is 2.26. The van der Waals surface area contributed by atoms with Gasteiger partial charge in [0.05, 0.1) is 0 Å². The van der Waals surface area contributed by atoms with Crippen molar-refractivity contribution in [1.82, 2.24) is 9.55 Å². The molecule has 2 aromatic rings. The normalized spacial score (nSPS) is 10.9. The third-order valence-electron chi connectivity index (χ3n) is 2.40. The first-order chi connectivity index (χ1) is 8.63. The molecule has 0 radical (unpaired) electrons. The van der Waals surface area contributed by atoms with Crippen LogP contribution in [-0.2, 0) is 11.5 Å². The summed E-state index contributed by atoms with van der Waals surface area (Å²) in [5, 5.41) is 0.643. The summed E-state index contributed by atoms with van der Waals surface area (Å²) >= 11 is 11.7. The standard InChI is InChI=1S/C12H11Cl2FN2O/c1-2-18-7-17-11(15)10(16-12(17)14)8-3-5-9(13)6-4-8/h3-6H,2,7H2,1H3. The van der Waals surface area contributed by atoms with E-state index in [0.29, 0.717) is 17.2 Å². The van der Waals surface area contributed by atoms with Gasteiger partial charge >= 0.3 is 0 Å². The molecule has 1 aromatic heterocycles. The van der Waals surface area contributed by atoms with Crippen molar-refractivity contribution in [3.05, 3.63) is 40.5 Å². The molecule has 0 amide bonds. The van der Waals surface area contributed by atoms with Crippen molar-refractivity contribution in [3.8, 4) is 11.3 Å². The summed E-state index contributed by atoms with van der Waals surface area (Å²) in [7, 11) is 0. The molecule has 0 aliphatic rings. The molecule has 0 aliphatic carbocycles. The van der Waals surface area contributed by atoms with E-state index in [-0.39, 0.29) is 17.7 Å². The van der Waals surface area contributed by atoms with Crippen LogP contribution in [0.2, 0.25) is 10.3 Å². The molecule has 0 unspecified atom stereocenters. The second-order valence-corrected chi connectivity index (χ2v) is 4.35. The van der Waals surface area contributed by atoms with E-state index in [1.165, 1.54) is 4.57 Å². The highest BCUT2D eigenvalue weighted by molar-refractivity contribution is 6.30. The SMILES string of the molecule is CCOCn1c(Cl)nc(-c2ccc(Cl)cc2)c1F. The van der Waals surface area contributed by atoms with Crippen LogP contribution in [0.4, 0.5) is 4.39 Å². The molecule has 0 bridgehead atoms. The molecule has 18 heavy (non-hydrogen) atoms. The molecular formula is C12H11Cl2FN2O. The number of rotatable bonds is 4. The molecule has 0 fully saturated rings. The molecule has 1 aromatic carbocycles. The Morgan fingerprint density at radius 1 is 1.28 bits per heavy atom. The topological polar surface area (TPSA) is 27.1 Å². The van der Waals surface area contributed by atoms with E-state index < -0.39 is 5.95 Å². The van der Waals surface area contributed by atoms with Gasteiger partial charge in [0, 0.05) is 17.2 Å². The summed E-state index contributed by atoms with van der Waals surface area (Å²) in [6.45, 7) is 2.34. The summed E-state index contributed by atoms with van der Waals surface area (Å²) in [6, 6.07) is 6.72. The highest BCUT2D eigenvalue weighted by atomic mass is 35.5. The van der Waals surface area contributed by atoms with Crippen LogP contribution >= 0.6 is 23.2 Å². The minimum atomic E-state index is -0.518. The van der Waals surface area contributed by atoms with Gasteiger partial charge in [0.2, 0.25) is 11.2 Å². The summed E-state index contributed by atoms with van der Waals surface area (Å²) in [4.78, 5) is 3.99. The minimum Gasteiger partial charge on any atom is -0.361 e. The van der Waals surface area contributed by atoms with Gasteiger partial charge in [-0.05, 0) is 30.7 Å². The van der Waals surface area contributed by atoms with Gasteiger partial charge in [-0.2, -0.15) is 4.39 Å². The molecule has 0 saturated heterocycles. The molecule has 96 valence electrons. The van der Waals surface area contributed by atoms with E-state index >= 15 is 0 Å². The Balaban J connectivity index is 2.37. The molecule has 0 spiro atoms. The quantitative estimate of drug-likeness (QED) is 0.851. The number of hydrogen-bond donors (Lipinski definition) is 0. The van der Waals surface area contributed by atoms with Gasteiger partial charge in [-0.15, -0.1) is 0 Å². The monoisotopic (exact) mass is 288 g/mol. The number of ether oxygens (including phenoxy) is 1. The largest absolute Gasteiger partial charge is 0.361 e. The number of halogens is 3. The molecule has 0 atom stereocenters. The summed E-state index contributed by atoms with van der Waals surface area (Å²) in [6.07, 6.45) is 0. The fraction of sp³-hybridized carbons (Fsp3) is 0.250. The van der Waals surface area contributed by atoms with Crippen molar-refractivity contribution in [2.24, 2.45) is 0 Å². The van der Waals surface area contributed by atoms with E-state index in [0.717, 1.165) is 0 Å². The predicted octanol–water partition coefficient (Wildman–Crippen LogP) is 3.99. The third-order valence-corrected chi connectivity index (χ3v) is 2.94. The Labute approximate surface area is 114 Å². The van der Waals surface area contributed by atoms with E-state index in [1.54, 1.807) is 24.3 Å². The van der Waals surface area contributed by atoms with Crippen LogP contribution in [0.25, 0.3) is 11.3 Å². The van der Waals surface area contributed by atoms with Crippen molar-refractivity contribution in [2.75, 3.05) is 6.61 Å². The van der Waals surface area contributed by atoms with Crippen LogP contribution in [0.3, 0.4) is 0 Å². The Morgan fingerprint density at radius 3 is 2.56 bits per heavy atom. The lowest BCUT2D eigenvalue weighted by Gasteiger charge is -2.04. The van der Waals surface area contributed by atoms with Crippen LogP contribution in [0.5, 0.6) is 0 Å². The van der Waals surface area contributed by atoms with E-state index in [1.807, 2.05) is 6.92 Å². The number of aromatic nitrogens is 2. The number of nitrogens with zero attached hydrogens (tertiary/aromatic N) is 2. The smallest absolute Gasteiger partial charge is 0.224 e. The van der Waals surface area contributed by atoms with Crippen molar-refractivity contribution in [1.29, 1.82) is 0 Å². The predicted molar refractivity (Wildman–Crippen MR) is 69.3 cm³/mol. The van der Waals surface area contributed by atoms with Gasteiger partial charge in [0.25, 0.3) is 0 Å². The van der Waals surface area contributed by atoms with Crippen LogP contribution in [0, 0.1) is 5.95 Å². The second kappa shape index (κ2) is 5.69. The molecule has 0 N–H and O–H groups in total. The molecule has 2 rings (SSSR count). The number of benzene rings is 1. The van der Waals surface area contributed by atoms with Gasteiger partial charge in [-0.1, -0.05) is 23.7 Å². The second-order valence-electron chi connectivity index (χ2n) is 3.58. The van der Waals surface area contributed by atoms with E-state index in [4.69, 9.17) is 27.9 Å². The van der Waals surface area contributed by atoms with Crippen LogP contribution in [-0.4, -0.2) is 16.2 Å². The summed E-state index contributed by atoms with van der Waals surface area (Å²) < 4.78 is 20.4. The zero-order chi connectivity index (χ0) is 13.1. The fourth-order valence-electron chi connectivity index (χ4n) is 1.49. The zero-order valence-electron chi connectivity index (χ0n) is 9.66. The lowest BCUT2D eigenvalue weighted by molar-refractivity contribution is 0.0804. The first-order valence-corrected chi connectivity index (χ1v) is 6.14. The first-order valence-electron chi connectivity index (χ1n) is 5.38. The maximum absolute atomic E-state index is 14.1. The van der Waals surface area contributed by atoms with E-state index in [9.17, 15) is 4.39 Å². The average Bonchev–Trinajstić information content (AvgIpc) is 2.64. The van der Waals surface area contributed by atoms with Crippen molar-refractivity contribution < 1.29 is 9.13 Å². The summed E-state index contributed by atoms with van der Waals surface area (Å²) in [5.74, 6) is -0.518. The minimum absolute atomic E-state index is 0.0434.